The molecule has 0 amide bonds. The fraction of sp³-hybridized carbons (Fsp3) is 0.0400. The van der Waals surface area contributed by atoms with Crippen LogP contribution in [0.4, 0.5) is 5.95 Å². The zero-order valence-corrected chi connectivity index (χ0v) is 16.6. The van der Waals surface area contributed by atoms with Crippen LogP contribution < -0.4 is 5.32 Å². The number of fused-ring (bicyclic) bond motifs is 1. The first-order valence-electron chi connectivity index (χ1n) is 9.98. The molecule has 1 N–H and O–H groups in total. The highest BCUT2D eigenvalue weighted by Gasteiger charge is 2.20. The van der Waals surface area contributed by atoms with Crippen LogP contribution in [0, 0.1) is 0 Å². The van der Waals surface area contributed by atoms with Crippen LogP contribution in [0.1, 0.15) is 15.9 Å². The highest BCUT2D eigenvalue weighted by molar-refractivity contribution is 6.08. The molecule has 2 aromatic heterocycles. The highest BCUT2D eigenvalue weighted by atomic mass is 16.2. The van der Waals surface area contributed by atoms with E-state index in [2.05, 4.69) is 20.4 Å². The molecule has 0 atom stereocenters. The van der Waals surface area contributed by atoms with Gasteiger partial charge in [-0.3, -0.25) is 9.78 Å². The van der Waals surface area contributed by atoms with Gasteiger partial charge in [0.05, 0.1) is 0 Å². The predicted molar refractivity (Wildman–Crippen MR) is 121 cm³/mol. The molecule has 0 saturated heterocycles. The molecule has 5 aromatic rings. The normalized spacial score (nSPS) is 10.8. The molecule has 0 aliphatic rings. The van der Waals surface area contributed by atoms with Crippen molar-refractivity contribution in [2.45, 2.75) is 6.54 Å². The van der Waals surface area contributed by atoms with Gasteiger partial charge in [0.1, 0.15) is 5.69 Å². The summed E-state index contributed by atoms with van der Waals surface area (Å²) < 4.78 is 1.33. The fourth-order valence-corrected chi connectivity index (χ4v) is 3.47. The summed E-state index contributed by atoms with van der Waals surface area (Å²) in [4.78, 5) is 22.4. The first-order valence-corrected chi connectivity index (χ1v) is 9.98. The van der Waals surface area contributed by atoms with E-state index in [9.17, 15) is 4.79 Å². The summed E-state index contributed by atoms with van der Waals surface area (Å²) in [6, 6.07) is 29.0. The molecule has 150 valence electrons. The van der Waals surface area contributed by atoms with Crippen molar-refractivity contribution in [2.75, 3.05) is 5.32 Å². The Balaban J connectivity index is 1.57. The van der Waals surface area contributed by atoms with Crippen LogP contribution in [0.3, 0.4) is 0 Å². The molecular weight excluding hydrogens is 386 g/mol. The van der Waals surface area contributed by atoms with E-state index in [1.54, 1.807) is 6.20 Å². The van der Waals surface area contributed by atoms with Crippen molar-refractivity contribution < 1.29 is 4.79 Å². The minimum Gasteiger partial charge on any atom is -0.350 e. The third-order valence-corrected chi connectivity index (χ3v) is 5.01. The Labute approximate surface area is 179 Å². The molecule has 0 spiro atoms. The maximum absolute atomic E-state index is 13.5. The summed E-state index contributed by atoms with van der Waals surface area (Å²) in [6.07, 6.45) is 1.68. The Hall–Kier alpha value is -4.32. The second-order valence-electron chi connectivity index (χ2n) is 7.06. The van der Waals surface area contributed by atoms with Crippen molar-refractivity contribution in [1.29, 1.82) is 0 Å². The molecule has 0 saturated carbocycles. The fourth-order valence-electron chi connectivity index (χ4n) is 3.47. The lowest BCUT2D eigenvalue weighted by Crippen LogP contribution is -2.18. The number of carbonyl (C=O) groups is 1. The van der Waals surface area contributed by atoms with Crippen molar-refractivity contribution in [3.05, 3.63) is 108 Å². The van der Waals surface area contributed by atoms with Crippen LogP contribution in [-0.2, 0) is 6.54 Å². The molecule has 0 fully saturated rings. The van der Waals surface area contributed by atoms with Crippen molar-refractivity contribution in [3.8, 4) is 11.5 Å². The van der Waals surface area contributed by atoms with E-state index in [4.69, 9.17) is 0 Å². The Morgan fingerprint density at radius 2 is 1.61 bits per heavy atom. The minimum atomic E-state index is -0.248. The van der Waals surface area contributed by atoms with Crippen molar-refractivity contribution >= 4 is 22.6 Å². The Morgan fingerprint density at radius 3 is 2.45 bits per heavy atom. The van der Waals surface area contributed by atoms with Crippen LogP contribution >= 0.6 is 0 Å². The number of rotatable bonds is 5. The van der Waals surface area contributed by atoms with Gasteiger partial charge in [-0.1, -0.05) is 72.8 Å². The summed E-state index contributed by atoms with van der Waals surface area (Å²) >= 11 is 0. The Morgan fingerprint density at radius 1 is 0.839 bits per heavy atom. The van der Waals surface area contributed by atoms with Gasteiger partial charge in [-0.2, -0.15) is 9.67 Å². The van der Waals surface area contributed by atoms with Crippen molar-refractivity contribution in [1.82, 2.24) is 19.7 Å². The lowest BCUT2D eigenvalue weighted by Gasteiger charge is -2.09. The Kier molecular flexibility index (Phi) is 4.94. The number of benzene rings is 3. The van der Waals surface area contributed by atoms with Crippen molar-refractivity contribution in [3.63, 3.8) is 0 Å². The molecule has 31 heavy (non-hydrogen) atoms. The number of pyridine rings is 1. The minimum absolute atomic E-state index is 0.248. The van der Waals surface area contributed by atoms with E-state index < -0.39 is 0 Å². The molecule has 6 heteroatoms. The number of nitrogens with zero attached hydrogens (tertiary/aromatic N) is 4. The first kappa shape index (κ1) is 18.7. The molecule has 6 nitrogen and oxygen atoms in total. The van der Waals surface area contributed by atoms with E-state index in [0.717, 1.165) is 16.3 Å². The summed E-state index contributed by atoms with van der Waals surface area (Å²) in [5, 5.41) is 9.64. The number of aromatic nitrogens is 4. The monoisotopic (exact) mass is 405 g/mol. The SMILES string of the molecule is O=C(c1cccc2ccccc12)n1nc(-c2ccccn2)nc1NCc1ccccc1. The van der Waals surface area contributed by atoms with Gasteiger partial charge in [-0.25, -0.2) is 0 Å². The van der Waals surface area contributed by atoms with Gasteiger partial charge >= 0.3 is 0 Å². The standard InChI is InChI=1S/C25H19N5O/c31-24(21-14-8-12-19-11-4-5-13-20(19)21)30-25(27-17-18-9-2-1-3-10-18)28-23(29-30)22-15-6-7-16-26-22/h1-16H,17H2,(H,27,28,29). The molecule has 3 aromatic carbocycles. The molecule has 0 aliphatic carbocycles. The van der Waals surface area contributed by atoms with Crippen LogP contribution in [0.25, 0.3) is 22.3 Å². The summed E-state index contributed by atoms with van der Waals surface area (Å²) in [6.45, 7) is 0.518. The molecule has 2 heterocycles. The molecular formula is C25H19N5O. The number of anilines is 1. The maximum atomic E-state index is 13.5. The topological polar surface area (TPSA) is 72.7 Å². The highest BCUT2D eigenvalue weighted by Crippen LogP contribution is 2.22. The van der Waals surface area contributed by atoms with Crippen LogP contribution in [0.5, 0.6) is 0 Å². The van der Waals surface area contributed by atoms with Crippen LogP contribution in [0.15, 0.2) is 97.2 Å². The summed E-state index contributed by atoms with van der Waals surface area (Å²) in [7, 11) is 0. The van der Waals surface area contributed by atoms with Gasteiger partial charge in [-0.15, -0.1) is 5.10 Å². The third-order valence-electron chi connectivity index (χ3n) is 5.01. The largest absolute Gasteiger partial charge is 0.350 e. The lowest BCUT2D eigenvalue weighted by molar-refractivity contribution is 0.0949. The third kappa shape index (κ3) is 3.79. The summed E-state index contributed by atoms with van der Waals surface area (Å²) in [5.41, 5.74) is 2.25. The quantitative estimate of drug-likeness (QED) is 0.455. The molecule has 0 radical (unpaired) electrons. The van der Waals surface area contributed by atoms with Gasteiger partial charge < -0.3 is 5.32 Å². The van der Waals surface area contributed by atoms with E-state index in [1.165, 1.54) is 4.68 Å². The zero-order valence-electron chi connectivity index (χ0n) is 16.6. The Bertz CT molecular complexity index is 1340. The summed E-state index contributed by atoms with van der Waals surface area (Å²) in [5.74, 6) is 0.522. The molecule has 0 unspecified atom stereocenters. The second kappa shape index (κ2) is 8.20. The first-order chi connectivity index (χ1) is 15.3. The molecule has 5 rings (SSSR count). The van der Waals surface area contributed by atoms with Gasteiger partial charge in [0, 0.05) is 18.3 Å². The van der Waals surface area contributed by atoms with E-state index >= 15 is 0 Å². The number of hydrogen-bond acceptors (Lipinski definition) is 5. The second-order valence-corrected chi connectivity index (χ2v) is 7.06. The molecule has 0 bridgehead atoms. The average molecular weight is 405 g/mol. The predicted octanol–water partition coefficient (Wildman–Crippen LogP) is 4.79. The maximum Gasteiger partial charge on any atom is 0.282 e. The van der Waals surface area contributed by atoms with Gasteiger partial charge in [0.2, 0.25) is 11.8 Å². The van der Waals surface area contributed by atoms with Gasteiger partial charge in [0.25, 0.3) is 5.91 Å². The van der Waals surface area contributed by atoms with Crippen molar-refractivity contribution in [2.24, 2.45) is 0 Å². The lowest BCUT2D eigenvalue weighted by atomic mass is 10.0. The van der Waals surface area contributed by atoms with Gasteiger partial charge in [0.15, 0.2) is 0 Å². The van der Waals surface area contributed by atoms with Gasteiger partial charge in [-0.05, 0) is 34.5 Å². The molecule has 0 aliphatic heterocycles. The van der Waals surface area contributed by atoms with E-state index in [-0.39, 0.29) is 5.91 Å². The zero-order chi connectivity index (χ0) is 21.0. The van der Waals surface area contributed by atoms with Crippen LogP contribution in [-0.4, -0.2) is 25.7 Å². The van der Waals surface area contributed by atoms with E-state index in [1.807, 2.05) is 91.0 Å². The van der Waals surface area contributed by atoms with E-state index in [0.29, 0.717) is 29.6 Å². The average Bonchev–Trinajstić information content (AvgIpc) is 3.27. The number of hydrogen-bond donors (Lipinski definition) is 1. The number of carbonyl (C=O) groups excluding carboxylic acids is 1. The number of nitrogens with one attached hydrogen (secondary N) is 1. The smallest absolute Gasteiger partial charge is 0.282 e. The van der Waals surface area contributed by atoms with Crippen LogP contribution in [0.2, 0.25) is 0 Å².